The Labute approximate surface area is 112 Å². The number of hydrogen-bond acceptors (Lipinski definition) is 2. The second-order valence-electron chi connectivity index (χ2n) is 4.52. The predicted octanol–water partition coefficient (Wildman–Crippen LogP) is 3.19. The molecule has 0 aliphatic heterocycles. The van der Waals surface area contributed by atoms with Crippen LogP contribution in [0.1, 0.15) is 5.69 Å². The first-order chi connectivity index (χ1) is 9.34. The first-order valence-corrected chi connectivity index (χ1v) is 6.42. The number of nitrogens with zero attached hydrogens (tertiary/aromatic N) is 2. The van der Waals surface area contributed by atoms with Gasteiger partial charge >= 0.3 is 0 Å². The molecule has 2 aromatic carbocycles. The molecule has 0 atom stereocenters. The van der Waals surface area contributed by atoms with E-state index in [1.807, 2.05) is 48.3 Å². The minimum atomic E-state index is 0.660. The van der Waals surface area contributed by atoms with Crippen molar-refractivity contribution in [2.75, 3.05) is 6.61 Å². The summed E-state index contributed by atoms with van der Waals surface area (Å²) in [5.74, 6) is 0.945. The zero-order valence-electron chi connectivity index (χ0n) is 10.9. The summed E-state index contributed by atoms with van der Waals surface area (Å²) < 4.78 is 7.79. The van der Waals surface area contributed by atoms with Crippen molar-refractivity contribution in [3.05, 3.63) is 60.4 Å². The van der Waals surface area contributed by atoms with E-state index in [1.54, 1.807) is 0 Å². The SMILES string of the molecule is Cn1nccc1CCOc1cccc2ccccc12. The average molecular weight is 252 g/mol. The van der Waals surface area contributed by atoms with Gasteiger partial charge in [0, 0.05) is 30.7 Å². The molecule has 0 saturated carbocycles. The van der Waals surface area contributed by atoms with Gasteiger partial charge in [-0.15, -0.1) is 0 Å². The van der Waals surface area contributed by atoms with Crippen LogP contribution in [0.4, 0.5) is 0 Å². The first-order valence-electron chi connectivity index (χ1n) is 6.42. The van der Waals surface area contributed by atoms with Crippen LogP contribution in [0.2, 0.25) is 0 Å². The topological polar surface area (TPSA) is 27.1 Å². The lowest BCUT2D eigenvalue weighted by Gasteiger charge is -2.09. The highest BCUT2D eigenvalue weighted by atomic mass is 16.5. The lowest BCUT2D eigenvalue weighted by molar-refractivity contribution is 0.322. The van der Waals surface area contributed by atoms with Crippen molar-refractivity contribution in [2.45, 2.75) is 6.42 Å². The Kier molecular flexibility index (Phi) is 3.19. The molecule has 3 rings (SSSR count). The third kappa shape index (κ3) is 2.45. The molecule has 1 aromatic heterocycles. The monoisotopic (exact) mass is 252 g/mol. The molecule has 3 heteroatoms. The van der Waals surface area contributed by atoms with Crippen LogP contribution < -0.4 is 4.74 Å². The fourth-order valence-electron chi connectivity index (χ4n) is 2.23. The predicted molar refractivity (Wildman–Crippen MR) is 76.4 cm³/mol. The second kappa shape index (κ2) is 5.14. The van der Waals surface area contributed by atoms with E-state index in [4.69, 9.17) is 4.74 Å². The largest absolute Gasteiger partial charge is 0.493 e. The molecule has 0 fully saturated rings. The van der Waals surface area contributed by atoms with Crippen LogP contribution in [0, 0.1) is 0 Å². The van der Waals surface area contributed by atoms with Crippen LogP contribution in [0.3, 0.4) is 0 Å². The molecule has 0 unspecified atom stereocenters. The van der Waals surface area contributed by atoms with Crippen molar-refractivity contribution in [3.8, 4) is 5.75 Å². The Morgan fingerprint density at radius 2 is 1.89 bits per heavy atom. The van der Waals surface area contributed by atoms with Crippen molar-refractivity contribution in [2.24, 2.45) is 7.05 Å². The van der Waals surface area contributed by atoms with Crippen LogP contribution in [-0.2, 0) is 13.5 Å². The maximum atomic E-state index is 5.91. The van der Waals surface area contributed by atoms with E-state index in [2.05, 4.69) is 23.3 Å². The Hall–Kier alpha value is -2.29. The molecule has 0 amide bonds. The summed E-state index contributed by atoms with van der Waals surface area (Å²) in [6, 6.07) is 16.4. The number of ether oxygens (including phenoxy) is 1. The molecule has 0 N–H and O–H groups in total. The summed E-state index contributed by atoms with van der Waals surface area (Å²) >= 11 is 0. The highest BCUT2D eigenvalue weighted by molar-refractivity contribution is 5.88. The van der Waals surface area contributed by atoms with E-state index < -0.39 is 0 Å². The van der Waals surface area contributed by atoms with Crippen LogP contribution in [-0.4, -0.2) is 16.4 Å². The van der Waals surface area contributed by atoms with Crippen LogP contribution in [0.15, 0.2) is 54.7 Å². The van der Waals surface area contributed by atoms with E-state index in [0.717, 1.165) is 17.6 Å². The minimum Gasteiger partial charge on any atom is -0.493 e. The minimum absolute atomic E-state index is 0.660. The number of aryl methyl sites for hydroxylation is 1. The molecule has 3 aromatic rings. The van der Waals surface area contributed by atoms with Gasteiger partial charge in [-0.2, -0.15) is 5.10 Å². The molecule has 0 aliphatic rings. The molecular weight excluding hydrogens is 236 g/mol. The zero-order chi connectivity index (χ0) is 13.1. The van der Waals surface area contributed by atoms with E-state index in [0.29, 0.717) is 6.61 Å². The van der Waals surface area contributed by atoms with Crippen molar-refractivity contribution in [1.82, 2.24) is 9.78 Å². The molecular formula is C16H16N2O. The third-order valence-electron chi connectivity index (χ3n) is 3.29. The fraction of sp³-hybridized carbons (Fsp3) is 0.188. The fourth-order valence-corrected chi connectivity index (χ4v) is 2.23. The lowest BCUT2D eigenvalue weighted by atomic mass is 10.1. The third-order valence-corrected chi connectivity index (χ3v) is 3.29. The standard InChI is InChI=1S/C16H16N2O/c1-18-14(9-11-17-18)10-12-19-16-8-4-6-13-5-2-3-7-15(13)16/h2-9,11H,10,12H2,1H3. The molecule has 3 nitrogen and oxygen atoms in total. The number of benzene rings is 2. The molecule has 96 valence electrons. The van der Waals surface area contributed by atoms with Gasteiger partial charge in [0.05, 0.1) is 6.61 Å². The van der Waals surface area contributed by atoms with Crippen molar-refractivity contribution >= 4 is 10.8 Å². The van der Waals surface area contributed by atoms with Gasteiger partial charge in [-0.25, -0.2) is 0 Å². The van der Waals surface area contributed by atoms with Crippen LogP contribution in [0.5, 0.6) is 5.75 Å². The quantitative estimate of drug-likeness (QED) is 0.713. The number of fused-ring (bicyclic) bond motifs is 1. The highest BCUT2D eigenvalue weighted by Crippen LogP contribution is 2.25. The van der Waals surface area contributed by atoms with Crippen molar-refractivity contribution < 1.29 is 4.74 Å². The number of aromatic nitrogens is 2. The van der Waals surface area contributed by atoms with Crippen LogP contribution in [0.25, 0.3) is 10.8 Å². The molecule has 19 heavy (non-hydrogen) atoms. The molecule has 0 radical (unpaired) electrons. The Balaban J connectivity index is 1.74. The maximum Gasteiger partial charge on any atom is 0.127 e. The molecule has 0 bridgehead atoms. The van der Waals surface area contributed by atoms with Gasteiger partial charge in [0.1, 0.15) is 5.75 Å². The summed E-state index contributed by atoms with van der Waals surface area (Å²) in [5.41, 5.74) is 1.18. The van der Waals surface area contributed by atoms with Crippen LogP contribution >= 0.6 is 0 Å². The number of rotatable bonds is 4. The summed E-state index contributed by atoms with van der Waals surface area (Å²) in [6.45, 7) is 0.660. The molecule has 0 saturated heterocycles. The smallest absolute Gasteiger partial charge is 0.127 e. The molecule has 0 spiro atoms. The average Bonchev–Trinajstić information content (AvgIpc) is 2.85. The van der Waals surface area contributed by atoms with Crippen molar-refractivity contribution in [3.63, 3.8) is 0 Å². The van der Waals surface area contributed by atoms with Crippen molar-refractivity contribution in [1.29, 1.82) is 0 Å². The normalized spacial score (nSPS) is 10.8. The van der Waals surface area contributed by atoms with Gasteiger partial charge in [0.15, 0.2) is 0 Å². The van der Waals surface area contributed by atoms with E-state index in [-0.39, 0.29) is 0 Å². The second-order valence-corrected chi connectivity index (χ2v) is 4.52. The van der Waals surface area contributed by atoms with Gasteiger partial charge in [-0.3, -0.25) is 4.68 Å². The summed E-state index contributed by atoms with van der Waals surface area (Å²) in [4.78, 5) is 0. The summed E-state index contributed by atoms with van der Waals surface area (Å²) in [7, 11) is 1.95. The Morgan fingerprint density at radius 3 is 2.74 bits per heavy atom. The van der Waals surface area contributed by atoms with E-state index in [9.17, 15) is 0 Å². The zero-order valence-corrected chi connectivity index (χ0v) is 10.9. The van der Waals surface area contributed by atoms with Gasteiger partial charge in [-0.05, 0) is 17.5 Å². The van der Waals surface area contributed by atoms with E-state index in [1.165, 1.54) is 11.1 Å². The maximum absolute atomic E-state index is 5.91. The summed E-state index contributed by atoms with van der Waals surface area (Å²) in [6.07, 6.45) is 2.67. The van der Waals surface area contributed by atoms with Gasteiger partial charge in [-0.1, -0.05) is 36.4 Å². The van der Waals surface area contributed by atoms with Gasteiger partial charge in [0.2, 0.25) is 0 Å². The highest BCUT2D eigenvalue weighted by Gasteiger charge is 2.02. The first kappa shape index (κ1) is 11.8. The Bertz CT molecular complexity index is 683. The van der Waals surface area contributed by atoms with Gasteiger partial charge in [0.25, 0.3) is 0 Å². The van der Waals surface area contributed by atoms with E-state index >= 15 is 0 Å². The number of hydrogen-bond donors (Lipinski definition) is 0. The Morgan fingerprint density at radius 1 is 1.05 bits per heavy atom. The molecule has 1 heterocycles. The summed E-state index contributed by atoms with van der Waals surface area (Å²) in [5, 5.41) is 6.52. The van der Waals surface area contributed by atoms with Gasteiger partial charge < -0.3 is 4.74 Å². The lowest BCUT2D eigenvalue weighted by Crippen LogP contribution is -2.06. The molecule has 0 aliphatic carbocycles.